The lowest BCUT2D eigenvalue weighted by Gasteiger charge is -2.24. The molecule has 1 atom stereocenters. The van der Waals surface area contributed by atoms with E-state index in [1.54, 1.807) is 12.1 Å². The normalized spacial score (nSPS) is 21.6. The van der Waals surface area contributed by atoms with Crippen molar-refractivity contribution in [3.63, 3.8) is 0 Å². The highest BCUT2D eigenvalue weighted by molar-refractivity contribution is 5.80. The number of nitrogens with one attached hydrogen (secondary N) is 2. The summed E-state index contributed by atoms with van der Waals surface area (Å²) in [7, 11) is 0. The molecule has 5 heteroatoms. The third kappa shape index (κ3) is 4.05. The Morgan fingerprint density at radius 3 is 2.70 bits per heavy atom. The van der Waals surface area contributed by atoms with E-state index in [4.69, 9.17) is 0 Å². The molecule has 0 saturated carbocycles. The fourth-order valence-corrected chi connectivity index (χ4v) is 2.27. The van der Waals surface area contributed by atoms with Crippen molar-refractivity contribution in [2.45, 2.75) is 38.1 Å². The summed E-state index contributed by atoms with van der Waals surface area (Å²) in [5.74, 6) is -0.298. The van der Waals surface area contributed by atoms with Gasteiger partial charge in [0, 0.05) is 19.4 Å². The van der Waals surface area contributed by atoms with E-state index in [0.717, 1.165) is 12.0 Å². The number of carbonyl (C=O) groups excluding carboxylic acids is 2. The molecule has 0 aliphatic carbocycles. The fourth-order valence-electron chi connectivity index (χ4n) is 2.27. The third-order valence-electron chi connectivity index (χ3n) is 3.57. The van der Waals surface area contributed by atoms with Crippen LogP contribution in [0.15, 0.2) is 24.3 Å². The largest absolute Gasteiger partial charge is 0.354 e. The van der Waals surface area contributed by atoms with Crippen molar-refractivity contribution in [2.75, 3.05) is 6.54 Å². The van der Waals surface area contributed by atoms with Crippen molar-refractivity contribution in [1.29, 1.82) is 0 Å². The Morgan fingerprint density at radius 2 is 2.10 bits per heavy atom. The number of carbonyl (C=O) groups is 2. The van der Waals surface area contributed by atoms with Gasteiger partial charge in [-0.25, -0.2) is 4.39 Å². The molecule has 1 aliphatic rings. The molecular formula is C15H19FN2O2. The highest BCUT2D eigenvalue weighted by Crippen LogP contribution is 2.18. The van der Waals surface area contributed by atoms with Gasteiger partial charge < -0.3 is 10.6 Å². The number of hydrogen-bond donors (Lipinski definition) is 2. The van der Waals surface area contributed by atoms with Gasteiger partial charge in [-0.15, -0.1) is 0 Å². The molecule has 0 bridgehead atoms. The molecule has 1 unspecified atom stereocenters. The summed E-state index contributed by atoms with van der Waals surface area (Å²) in [6.07, 6.45) is 2.19. The lowest BCUT2D eigenvalue weighted by molar-refractivity contribution is -0.122. The predicted molar refractivity (Wildman–Crippen MR) is 73.5 cm³/mol. The van der Waals surface area contributed by atoms with Crippen LogP contribution in [0.4, 0.5) is 4.39 Å². The van der Waals surface area contributed by atoms with Crippen molar-refractivity contribution in [2.24, 2.45) is 0 Å². The first-order valence-corrected chi connectivity index (χ1v) is 6.79. The van der Waals surface area contributed by atoms with Gasteiger partial charge in [0.15, 0.2) is 0 Å². The van der Waals surface area contributed by atoms with E-state index in [1.165, 1.54) is 12.1 Å². The maximum atomic E-state index is 12.7. The Kier molecular flexibility index (Phi) is 4.37. The quantitative estimate of drug-likeness (QED) is 0.858. The number of aryl methyl sites for hydroxylation is 1. The smallest absolute Gasteiger partial charge is 0.220 e. The Morgan fingerprint density at radius 1 is 1.40 bits per heavy atom. The topological polar surface area (TPSA) is 58.2 Å². The number of benzene rings is 1. The molecule has 0 aromatic heterocycles. The minimum atomic E-state index is -0.331. The van der Waals surface area contributed by atoms with Crippen LogP contribution < -0.4 is 10.6 Å². The van der Waals surface area contributed by atoms with Gasteiger partial charge in [-0.2, -0.15) is 0 Å². The van der Waals surface area contributed by atoms with Crippen LogP contribution in [-0.2, 0) is 16.0 Å². The fraction of sp³-hybridized carbons (Fsp3) is 0.467. The zero-order valence-corrected chi connectivity index (χ0v) is 11.5. The summed E-state index contributed by atoms with van der Waals surface area (Å²) in [6.45, 7) is 2.37. The van der Waals surface area contributed by atoms with E-state index < -0.39 is 0 Å². The van der Waals surface area contributed by atoms with Crippen molar-refractivity contribution >= 4 is 11.8 Å². The molecule has 1 fully saturated rings. The standard InChI is InChI=1S/C15H19FN2O2/c1-15(9-8-14(20)18-15)10-17-13(19)7-4-11-2-5-12(16)6-3-11/h2-3,5-6H,4,7-10H2,1H3,(H,17,19)(H,18,20). The number of hydrogen-bond acceptors (Lipinski definition) is 2. The Balaban J connectivity index is 1.73. The Bertz CT molecular complexity index is 501. The summed E-state index contributed by atoms with van der Waals surface area (Å²) in [4.78, 5) is 23.0. The van der Waals surface area contributed by atoms with E-state index in [1.807, 2.05) is 6.92 Å². The molecule has 2 rings (SSSR count). The van der Waals surface area contributed by atoms with Crippen LogP contribution in [0.3, 0.4) is 0 Å². The molecule has 1 aromatic rings. The molecule has 20 heavy (non-hydrogen) atoms. The van der Waals surface area contributed by atoms with Crippen molar-refractivity contribution in [3.8, 4) is 0 Å². The average molecular weight is 278 g/mol. The molecular weight excluding hydrogens is 259 g/mol. The molecule has 1 aliphatic heterocycles. The minimum absolute atomic E-state index is 0.0352. The molecule has 108 valence electrons. The van der Waals surface area contributed by atoms with Crippen LogP contribution in [0.1, 0.15) is 31.7 Å². The first kappa shape index (κ1) is 14.5. The van der Waals surface area contributed by atoms with Crippen molar-refractivity contribution < 1.29 is 14.0 Å². The summed E-state index contributed by atoms with van der Waals surface area (Å²) < 4.78 is 12.7. The number of halogens is 1. The lowest BCUT2D eigenvalue weighted by Crippen LogP contribution is -2.48. The zero-order chi connectivity index (χ0) is 14.6. The SMILES string of the molecule is CC1(CNC(=O)CCc2ccc(F)cc2)CCC(=O)N1. The Hall–Kier alpha value is -1.91. The molecule has 2 N–H and O–H groups in total. The second-order valence-electron chi connectivity index (χ2n) is 5.51. The summed E-state index contributed by atoms with van der Waals surface area (Å²) in [6, 6.07) is 6.15. The molecule has 4 nitrogen and oxygen atoms in total. The van der Waals surface area contributed by atoms with Crippen LogP contribution >= 0.6 is 0 Å². The maximum Gasteiger partial charge on any atom is 0.220 e. The second-order valence-corrected chi connectivity index (χ2v) is 5.51. The van der Waals surface area contributed by atoms with Gasteiger partial charge in [0.1, 0.15) is 5.82 Å². The highest BCUT2D eigenvalue weighted by Gasteiger charge is 2.32. The van der Waals surface area contributed by atoms with E-state index in [-0.39, 0.29) is 23.2 Å². The van der Waals surface area contributed by atoms with E-state index >= 15 is 0 Å². The van der Waals surface area contributed by atoms with Gasteiger partial charge in [0.25, 0.3) is 0 Å². The second kappa shape index (κ2) is 6.03. The average Bonchev–Trinajstić information content (AvgIpc) is 2.76. The monoisotopic (exact) mass is 278 g/mol. The first-order valence-electron chi connectivity index (χ1n) is 6.79. The number of amides is 2. The molecule has 0 spiro atoms. The molecule has 2 amide bonds. The predicted octanol–water partition coefficient (Wildman–Crippen LogP) is 1.54. The first-order chi connectivity index (χ1) is 9.47. The van der Waals surface area contributed by atoms with Crippen molar-refractivity contribution in [1.82, 2.24) is 10.6 Å². The Labute approximate surface area is 117 Å². The minimum Gasteiger partial charge on any atom is -0.354 e. The van der Waals surface area contributed by atoms with Crippen LogP contribution in [-0.4, -0.2) is 23.9 Å². The molecule has 1 heterocycles. The van der Waals surface area contributed by atoms with Crippen molar-refractivity contribution in [3.05, 3.63) is 35.6 Å². The van der Waals surface area contributed by atoms with Crippen LogP contribution in [0.5, 0.6) is 0 Å². The van der Waals surface area contributed by atoms with Gasteiger partial charge in [-0.1, -0.05) is 12.1 Å². The summed E-state index contributed by atoms with van der Waals surface area (Å²) >= 11 is 0. The van der Waals surface area contributed by atoms with E-state index in [2.05, 4.69) is 10.6 Å². The van der Waals surface area contributed by atoms with Gasteiger partial charge in [0.05, 0.1) is 5.54 Å². The van der Waals surface area contributed by atoms with Gasteiger partial charge >= 0.3 is 0 Å². The lowest BCUT2D eigenvalue weighted by atomic mass is 10.0. The van der Waals surface area contributed by atoms with Crippen LogP contribution in [0, 0.1) is 5.82 Å². The summed E-state index contributed by atoms with van der Waals surface area (Å²) in [5, 5.41) is 5.71. The molecule has 1 saturated heterocycles. The molecule has 0 radical (unpaired) electrons. The highest BCUT2D eigenvalue weighted by atomic mass is 19.1. The van der Waals surface area contributed by atoms with E-state index in [9.17, 15) is 14.0 Å². The maximum absolute atomic E-state index is 12.7. The number of rotatable bonds is 5. The third-order valence-corrected chi connectivity index (χ3v) is 3.57. The van der Waals surface area contributed by atoms with Gasteiger partial charge in [-0.05, 0) is 37.5 Å². The van der Waals surface area contributed by atoms with Gasteiger partial charge in [-0.3, -0.25) is 9.59 Å². The molecule has 1 aromatic carbocycles. The summed E-state index contributed by atoms with van der Waals surface area (Å²) in [5.41, 5.74) is 0.602. The van der Waals surface area contributed by atoms with E-state index in [0.29, 0.717) is 25.8 Å². The van der Waals surface area contributed by atoms with Crippen LogP contribution in [0.2, 0.25) is 0 Å². The zero-order valence-electron chi connectivity index (χ0n) is 11.5. The van der Waals surface area contributed by atoms with Gasteiger partial charge in [0.2, 0.25) is 11.8 Å². The van der Waals surface area contributed by atoms with Crippen LogP contribution in [0.25, 0.3) is 0 Å².